The maximum atomic E-state index is 13.6. The van der Waals surface area contributed by atoms with Crippen LogP contribution >= 0.6 is 0 Å². The van der Waals surface area contributed by atoms with Gasteiger partial charge in [0.25, 0.3) is 5.69 Å². The Morgan fingerprint density at radius 3 is 2.00 bits per heavy atom. The van der Waals surface area contributed by atoms with Crippen LogP contribution in [0, 0.1) is 10.1 Å². The zero-order valence-electron chi connectivity index (χ0n) is 25.3. The molecule has 0 saturated carbocycles. The molecule has 1 aliphatic heterocycles. The molecule has 10 heteroatoms. The van der Waals surface area contributed by atoms with E-state index < -0.39 is 22.8 Å². The number of esters is 2. The number of nitro groups is 1. The van der Waals surface area contributed by atoms with Gasteiger partial charge in [-0.1, -0.05) is 72.8 Å². The third-order valence-corrected chi connectivity index (χ3v) is 7.83. The molecule has 2 unspecified atom stereocenters. The summed E-state index contributed by atoms with van der Waals surface area (Å²) in [6, 6.07) is 26.8. The molecule has 3 aromatic rings. The molecule has 0 aliphatic carbocycles. The summed E-state index contributed by atoms with van der Waals surface area (Å²) in [6.45, 7) is 5.05. The van der Waals surface area contributed by atoms with Crippen LogP contribution in [-0.2, 0) is 19.1 Å². The number of carbonyl (C=O) groups excluding carboxylic acids is 2. The number of carbonyl (C=O) groups is 2. The minimum absolute atomic E-state index is 0. The van der Waals surface area contributed by atoms with Crippen LogP contribution in [0.1, 0.15) is 48.8 Å². The number of benzene rings is 3. The van der Waals surface area contributed by atoms with Crippen molar-refractivity contribution in [2.75, 3.05) is 33.9 Å². The van der Waals surface area contributed by atoms with Crippen LogP contribution in [0.5, 0.6) is 0 Å². The van der Waals surface area contributed by atoms with Crippen molar-refractivity contribution in [2.24, 2.45) is 0 Å². The quantitative estimate of drug-likeness (QED) is 0.179. The third kappa shape index (κ3) is 8.12. The molecule has 0 bridgehead atoms. The summed E-state index contributed by atoms with van der Waals surface area (Å²) in [4.78, 5) is 38.6. The number of methoxy groups -OCH3 is 1. The summed E-state index contributed by atoms with van der Waals surface area (Å²) in [5.74, 6) is -1.85. The van der Waals surface area contributed by atoms with Crippen molar-refractivity contribution in [2.45, 2.75) is 32.1 Å². The number of quaternary nitrogens is 1. The van der Waals surface area contributed by atoms with Crippen molar-refractivity contribution in [3.05, 3.63) is 134 Å². The number of nitrogens with one attached hydrogen (secondary N) is 2. The molecule has 2 atom stereocenters. The van der Waals surface area contributed by atoms with E-state index >= 15 is 0 Å². The maximum absolute atomic E-state index is 13.6. The first kappa shape index (κ1) is 34.0. The molecule has 2 N–H and O–H groups in total. The van der Waals surface area contributed by atoms with Gasteiger partial charge in [-0.15, -0.1) is 0 Å². The zero-order valence-corrected chi connectivity index (χ0v) is 26.1. The van der Waals surface area contributed by atoms with Crippen molar-refractivity contribution >= 4 is 17.6 Å². The standard InChI is InChI=1S/C34H37N3O6.ClH/c1-23-30(33(38)42-4)32(27-16-11-17-28(22-27)37(40)41)31(24(2)35-23)34(39)43-21-20-36(3)19-18-29(25-12-7-5-8-13-25)26-14-9-6-10-15-26;/h5-17,22,29,32,35H,18-21H2,1-4H3;1H. The third-order valence-electron chi connectivity index (χ3n) is 7.83. The molecule has 1 heterocycles. The van der Waals surface area contributed by atoms with Gasteiger partial charge >= 0.3 is 11.9 Å². The second kappa shape index (κ2) is 15.8. The molecule has 0 radical (unpaired) electrons. The lowest BCUT2D eigenvalue weighted by Gasteiger charge is -2.30. The first-order valence-electron chi connectivity index (χ1n) is 14.3. The number of hydrogen-bond acceptors (Lipinski definition) is 7. The van der Waals surface area contributed by atoms with E-state index in [0.29, 0.717) is 23.5 Å². The lowest BCUT2D eigenvalue weighted by Crippen LogP contribution is -3.09. The van der Waals surface area contributed by atoms with Gasteiger partial charge in [-0.2, -0.15) is 0 Å². The second-order valence-electron chi connectivity index (χ2n) is 10.7. The van der Waals surface area contributed by atoms with Gasteiger partial charge in [-0.25, -0.2) is 9.59 Å². The number of likely N-dealkylation sites (N-methyl/N-ethyl adjacent to an activating group) is 1. The Morgan fingerprint density at radius 1 is 0.886 bits per heavy atom. The minimum Gasteiger partial charge on any atom is -1.00 e. The summed E-state index contributed by atoms with van der Waals surface area (Å²) in [6.07, 6.45) is 0.920. The van der Waals surface area contributed by atoms with Crippen molar-refractivity contribution in [1.29, 1.82) is 0 Å². The fraction of sp³-hybridized carbons (Fsp3) is 0.294. The first-order valence-corrected chi connectivity index (χ1v) is 14.3. The number of rotatable bonds is 12. The molecule has 0 fully saturated rings. The molecule has 232 valence electrons. The highest BCUT2D eigenvalue weighted by atomic mass is 35.5. The van der Waals surface area contributed by atoms with Crippen LogP contribution in [0.2, 0.25) is 0 Å². The molecule has 0 spiro atoms. The van der Waals surface area contributed by atoms with E-state index in [-0.39, 0.29) is 41.8 Å². The molecule has 0 saturated heterocycles. The van der Waals surface area contributed by atoms with Gasteiger partial charge in [0.1, 0.15) is 13.2 Å². The Bertz CT molecular complexity index is 1480. The van der Waals surface area contributed by atoms with Crippen molar-refractivity contribution in [1.82, 2.24) is 5.32 Å². The predicted octanol–water partition coefficient (Wildman–Crippen LogP) is 1.29. The number of nitro benzene ring substituents is 1. The largest absolute Gasteiger partial charge is 1.00 e. The molecular formula is C34H38ClN3O6. The fourth-order valence-electron chi connectivity index (χ4n) is 5.60. The number of halogens is 1. The van der Waals surface area contributed by atoms with Gasteiger partial charge in [0.2, 0.25) is 0 Å². The van der Waals surface area contributed by atoms with Crippen LogP contribution in [0.4, 0.5) is 5.69 Å². The lowest BCUT2D eigenvalue weighted by molar-refractivity contribution is -0.880. The van der Waals surface area contributed by atoms with Crippen molar-refractivity contribution in [3.8, 4) is 0 Å². The Morgan fingerprint density at radius 2 is 1.45 bits per heavy atom. The smallest absolute Gasteiger partial charge is 0.336 e. The Labute approximate surface area is 264 Å². The van der Waals surface area contributed by atoms with E-state index in [9.17, 15) is 19.7 Å². The highest BCUT2D eigenvalue weighted by Gasteiger charge is 2.38. The monoisotopic (exact) mass is 619 g/mol. The van der Waals surface area contributed by atoms with Gasteiger partial charge < -0.3 is 32.1 Å². The molecule has 9 nitrogen and oxygen atoms in total. The number of nitrogens with zero attached hydrogens (tertiary/aromatic N) is 1. The van der Waals surface area contributed by atoms with Gasteiger partial charge in [0.05, 0.1) is 42.7 Å². The van der Waals surface area contributed by atoms with Crippen LogP contribution in [0.3, 0.4) is 0 Å². The lowest BCUT2D eigenvalue weighted by atomic mass is 9.80. The highest BCUT2D eigenvalue weighted by Crippen LogP contribution is 2.40. The molecule has 3 aromatic carbocycles. The summed E-state index contributed by atoms with van der Waals surface area (Å²) in [5.41, 5.74) is 4.26. The van der Waals surface area contributed by atoms with Crippen LogP contribution in [-0.4, -0.2) is 50.7 Å². The van der Waals surface area contributed by atoms with Gasteiger partial charge in [-0.05, 0) is 30.5 Å². The normalized spacial score (nSPS) is 15.2. The SMILES string of the molecule is COC(=O)C1=C(C)NC(C)=C(C(=O)OCC[NH+](C)CCC(c2ccccc2)c2ccccc2)C1c1cccc([N+](=O)[O-])c1.[Cl-]. The second-order valence-corrected chi connectivity index (χ2v) is 10.7. The summed E-state index contributed by atoms with van der Waals surface area (Å²) < 4.78 is 10.8. The number of dihydropyridines is 1. The van der Waals surface area contributed by atoms with E-state index in [2.05, 4.69) is 60.9 Å². The summed E-state index contributed by atoms with van der Waals surface area (Å²) in [5, 5.41) is 14.6. The highest BCUT2D eigenvalue weighted by molar-refractivity contribution is 5.99. The van der Waals surface area contributed by atoms with Crippen molar-refractivity contribution < 1.29 is 41.3 Å². The number of non-ortho nitro benzene ring substituents is 1. The predicted molar refractivity (Wildman–Crippen MR) is 163 cm³/mol. The van der Waals surface area contributed by atoms with Crippen molar-refractivity contribution in [3.63, 3.8) is 0 Å². The van der Waals surface area contributed by atoms with Crippen LogP contribution in [0.15, 0.2) is 107 Å². The average Bonchev–Trinajstić information content (AvgIpc) is 3.01. The maximum Gasteiger partial charge on any atom is 0.336 e. The molecular weight excluding hydrogens is 582 g/mol. The van der Waals surface area contributed by atoms with E-state index in [4.69, 9.17) is 9.47 Å². The zero-order chi connectivity index (χ0) is 30.9. The Hall–Kier alpha value is -4.47. The molecule has 0 aromatic heterocycles. The van der Waals surface area contributed by atoms with E-state index in [0.717, 1.165) is 13.0 Å². The number of ether oxygens (including phenoxy) is 2. The minimum atomic E-state index is -0.885. The van der Waals surface area contributed by atoms with Crippen LogP contribution < -0.4 is 22.6 Å². The Kier molecular flexibility index (Phi) is 12.3. The van der Waals surface area contributed by atoms with E-state index in [1.54, 1.807) is 19.9 Å². The van der Waals surface area contributed by atoms with Gasteiger partial charge in [-0.3, -0.25) is 10.1 Å². The number of hydrogen-bond donors (Lipinski definition) is 2. The molecule has 0 amide bonds. The molecule has 44 heavy (non-hydrogen) atoms. The molecule has 4 rings (SSSR count). The Balaban J connectivity index is 0.00000529. The average molecular weight is 620 g/mol. The molecule has 1 aliphatic rings. The van der Waals surface area contributed by atoms with Gasteiger partial charge in [0.15, 0.2) is 0 Å². The number of allylic oxidation sites excluding steroid dienone is 2. The summed E-state index contributed by atoms with van der Waals surface area (Å²) >= 11 is 0. The topological polar surface area (TPSA) is 112 Å². The van der Waals surface area contributed by atoms with E-state index in [1.807, 2.05) is 12.1 Å². The van der Waals surface area contributed by atoms with Gasteiger partial charge in [0, 0.05) is 35.9 Å². The van der Waals surface area contributed by atoms with E-state index in [1.165, 1.54) is 41.3 Å². The first-order chi connectivity index (χ1) is 20.7. The van der Waals surface area contributed by atoms with Crippen LogP contribution in [0.25, 0.3) is 0 Å². The fourth-order valence-corrected chi connectivity index (χ4v) is 5.60. The summed E-state index contributed by atoms with van der Waals surface area (Å²) in [7, 11) is 3.33.